The topological polar surface area (TPSA) is 99.2 Å². The minimum atomic E-state index is -1.00. The third-order valence-electron chi connectivity index (χ3n) is 8.13. The van der Waals surface area contributed by atoms with Crippen LogP contribution in [-0.2, 0) is 16.0 Å². The summed E-state index contributed by atoms with van der Waals surface area (Å²) in [7, 11) is 0. The van der Waals surface area contributed by atoms with E-state index in [0.717, 1.165) is 50.0 Å². The molecule has 1 aromatic heterocycles. The Morgan fingerprint density at radius 3 is 2.47 bits per heavy atom. The minimum absolute atomic E-state index is 0.0853. The van der Waals surface area contributed by atoms with Crippen molar-refractivity contribution in [1.82, 2.24) is 20.6 Å². The van der Waals surface area contributed by atoms with Gasteiger partial charge in [0.2, 0.25) is 17.8 Å². The normalized spacial score (nSPS) is 25.6. The second-order valence-corrected chi connectivity index (χ2v) is 10.2. The van der Waals surface area contributed by atoms with Crippen LogP contribution in [0.25, 0.3) is 0 Å². The summed E-state index contributed by atoms with van der Waals surface area (Å²) in [6.07, 6.45) is 9.16. The summed E-state index contributed by atoms with van der Waals surface area (Å²) < 4.78 is 0. The summed E-state index contributed by atoms with van der Waals surface area (Å²) >= 11 is 0. The molecule has 1 saturated carbocycles. The molecule has 4 aliphatic rings. The molecule has 0 radical (unpaired) electrons. The highest BCUT2D eigenvalue weighted by Gasteiger charge is 2.56. The third kappa shape index (κ3) is 3.64. The molecule has 34 heavy (non-hydrogen) atoms. The van der Waals surface area contributed by atoms with Crippen LogP contribution in [0, 0.1) is 5.41 Å². The largest absolute Gasteiger partial charge is 0.355 e. The fraction of sp³-hybridized carbons (Fsp3) is 0.538. The molecular formula is C26H32N6O2. The first-order valence-electron chi connectivity index (χ1n) is 12.7. The van der Waals surface area contributed by atoms with E-state index in [1.807, 2.05) is 4.90 Å². The lowest BCUT2D eigenvalue weighted by Crippen LogP contribution is -2.56. The summed E-state index contributed by atoms with van der Waals surface area (Å²) in [6, 6.07) is 8.64. The van der Waals surface area contributed by atoms with Crippen molar-refractivity contribution in [1.29, 1.82) is 0 Å². The number of nitrogens with one attached hydrogen (secondary N) is 3. The quantitative estimate of drug-likeness (QED) is 0.607. The summed E-state index contributed by atoms with van der Waals surface area (Å²) in [5.74, 6) is 1.53. The van der Waals surface area contributed by atoms with Crippen LogP contribution in [0.15, 0.2) is 30.5 Å². The molecule has 8 heteroatoms. The third-order valence-corrected chi connectivity index (χ3v) is 8.13. The number of carbonyl (C=O) groups excluding carboxylic acids is 2. The molecule has 0 unspecified atom stereocenters. The van der Waals surface area contributed by atoms with Gasteiger partial charge in [0.15, 0.2) is 0 Å². The number of hydrogen-bond acceptors (Lipinski definition) is 6. The van der Waals surface area contributed by atoms with E-state index in [2.05, 4.69) is 45.2 Å². The Balaban J connectivity index is 1.28. The van der Waals surface area contributed by atoms with Gasteiger partial charge in [0.1, 0.15) is 11.2 Å². The first-order chi connectivity index (χ1) is 16.6. The zero-order valence-corrected chi connectivity index (χ0v) is 19.5. The number of benzene rings is 1. The van der Waals surface area contributed by atoms with Crippen molar-refractivity contribution in [2.75, 3.05) is 29.9 Å². The van der Waals surface area contributed by atoms with Gasteiger partial charge in [0, 0.05) is 36.5 Å². The fourth-order valence-electron chi connectivity index (χ4n) is 6.19. The maximum Gasteiger partial charge on any atom is 0.244 e. The summed E-state index contributed by atoms with van der Waals surface area (Å²) in [5.41, 5.74) is 2.18. The van der Waals surface area contributed by atoms with E-state index >= 15 is 0 Å². The Morgan fingerprint density at radius 2 is 1.76 bits per heavy atom. The van der Waals surface area contributed by atoms with Gasteiger partial charge >= 0.3 is 0 Å². The lowest BCUT2D eigenvalue weighted by Gasteiger charge is -2.40. The number of carbonyl (C=O) groups is 2. The van der Waals surface area contributed by atoms with Gasteiger partial charge in [-0.05, 0) is 68.8 Å². The molecule has 178 valence electrons. The first kappa shape index (κ1) is 21.5. The molecule has 1 spiro atoms. The van der Waals surface area contributed by atoms with E-state index in [4.69, 9.17) is 4.98 Å². The van der Waals surface area contributed by atoms with Gasteiger partial charge in [-0.2, -0.15) is 4.98 Å². The van der Waals surface area contributed by atoms with Gasteiger partial charge in [0.25, 0.3) is 0 Å². The van der Waals surface area contributed by atoms with Gasteiger partial charge in [0.05, 0.1) is 0 Å². The van der Waals surface area contributed by atoms with Gasteiger partial charge in [-0.15, -0.1) is 0 Å². The molecule has 3 aliphatic heterocycles. The van der Waals surface area contributed by atoms with Crippen LogP contribution in [0.3, 0.4) is 0 Å². The molecule has 1 atom stereocenters. The van der Waals surface area contributed by atoms with Crippen LogP contribution in [0.5, 0.6) is 0 Å². The van der Waals surface area contributed by atoms with E-state index in [-0.39, 0.29) is 17.9 Å². The van der Waals surface area contributed by atoms with Crippen molar-refractivity contribution < 1.29 is 9.59 Å². The summed E-state index contributed by atoms with van der Waals surface area (Å²) in [5, 5.41) is 9.63. The molecule has 4 heterocycles. The SMILES string of the molecule is O=C1NCC[C@@]12Cc1cnc(Nc3ccc(C4CCNCC4)cc3)nc1N(C1CCCC1)C2=O. The molecule has 3 fully saturated rings. The smallest absolute Gasteiger partial charge is 0.244 e. The summed E-state index contributed by atoms with van der Waals surface area (Å²) in [4.78, 5) is 37.7. The van der Waals surface area contributed by atoms with Gasteiger partial charge in [-0.25, -0.2) is 4.98 Å². The number of nitrogens with zero attached hydrogens (tertiary/aromatic N) is 3. The van der Waals surface area contributed by atoms with E-state index in [0.29, 0.717) is 37.1 Å². The number of amides is 2. The molecular weight excluding hydrogens is 428 g/mol. The van der Waals surface area contributed by atoms with Crippen molar-refractivity contribution in [3.8, 4) is 0 Å². The van der Waals surface area contributed by atoms with Crippen molar-refractivity contribution in [2.45, 2.75) is 63.3 Å². The average molecular weight is 461 g/mol. The van der Waals surface area contributed by atoms with E-state index < -0.39 is 5.41 Å². The lowest BCUT2D eigenvalue weighted by atomic mass is 9.76. The van der Waals surface area contributed by atoms with Crippen LogP contribution in [0.2, 0.25) is 0 Å². The van der Waals surface area contributed by atoms with Crippen LogP contribution < -0.4 is 20.9 Å². The highest BCUT2D eigenvalue weighted by atomic mass is 16.2. The van der Waals surface area contributed by atoms with Crippen LogP contribution in [-0.4, -0.2) is 47.5 Å². The Hall–Kier alpha value is -3.00. The second-order valence-electron chi connectivity index (χ2n) is 10.2. The molecule has 3 N–H and O–H groups in total. The van der Waals surface area contributed by atoms with Crippen molar-refractivity contribution in [2.24, 2.45) is 5.41 Å². The van der Waals surface area contributed by atoms with Crippen LogP contribution >= 0.6 is 0 Å². The maximum absolute atomic E-state index is 13.7. The van der Waals surface area contributed by atoms with Crippen LogP contribution in [0.4, 0.5) is 17.5 Å². The van der Waals surface area contributed by atoms with E-state index in [9.17, 15) is 9.59 Å². The molecule has 2 saturated heterocycles. The summed E-state index contributed by atoms with van der Waals surface area (Å²) in [6.45, 7) is 2.70. The number of piperidine rings is 1. The zero-order valence-electron chi connectivity index (χ0n) is 19.5. The Bertz CT molecular complexity index is 1090. The molecule has 2 aromatic rings. The second kappa shape index (κ2) is 8.65. The lowest BCUT2D eigenvalue weighted by molar-refractivity contribution is -0.140. The number of anilines is 3. The Labute approximate surface area is 199 Å². The number of aromatic nitrogens is 2. The van der Waals surface area contributed by atoms with Crippen molar-refractivity contribution in [3.05, 3.63) is 41.6 Å². The zero-order chi connectivity index (χ0) is 23.1. The average Bonchev–Trinajstić information content (AvgIpc) is 3.52. The van der Waals surface area contributed by atoms with Gasteiger partial charge in [-0.1, -0.05) is 25.0 Å². The van der Waals surface area contributed by atoms with Crippen molar-refractivity contribution in [3.63, 3.8) is 0 Å². The van der Waals surface area contributed by atoms with E-state index in [1.165, 1.54) is 18.4 Å². The van der Waals surface area contributed by atoms with Gasteiger partial charge < -0.3 is 16.0 Å². The molecule has 1 aliphatic carbocycles. The van der Waals surface area contributed by atoms with Gasteiger partial charge in [-0.3, -0.25) is 14.5 Å². The Morgan fingerprint density at radius 1 is 1.00 bits per heavy atom. The number of rotatable bonds is 4. The first-order valence-corrected chi connectivity index (χ1v) is 12.7. The standard InChI is InChI=1S/C26H32N6O2/c33-23-26(11-14-28-23)15-19-16-29-25(31-22(19)32(24(26)34)21-3-1-2-4-21)30-20-7-5-17(6-8-20)18-9-12-27-13-10-18/h5-8,16,18,21,27H,1-4,9-15H2,(H,28,33)(H,29,30,31)/t26-/m1/s1. The van der Waals surface area contributed by atoms with Crippen LogP contribution in [0.1, 0.15) is 62.0 Å². The molecule has 6 rings (SSSR count). The number of fused-ring (bicyclic) bond motifs is 1. The highest BCUT2D eigenvalue weighted by molar-refractivity contribution is 6.14. The van der Waals surface area contributed by atoms with E-state index in [1.54, 1.807) is 6.20 Å². The predicted molar refractivity (Wildman–Crippen MR) is 130 cm³/mol. The minimum Gasteiger partial charge on any atom is -0.355 e. The molecule has 8 nitrogen and oxygen atoms in total. The molecule has 0 bridgehead atoms. The Kier molecular flexibility index (Phi) is 5.48. The molecule has 1 aromatic carbocycles. The highest BCUT2D eigenvalue weighted by Crippen LogP contribution is 2.44. The number of hydrogen-bond donors (Lipinski definition) is 3. The maximum atomic E-state index is 13.7. The monoisotopic (exact) mass is 460 g/mol. The molecule has 2 amide bonds. The van der Waals surface area contributed by atoms with Crippen molar-refractivity contribution >= 4 is 29.3 Å². The fourth-order valence-corrected chi connectivity index (χ4v) is 6.19. The predicted octanol–water partition coefficient (Wildman–Crippen LogP) is 3.03.